The Morgan fingerprint density at radius 2 is 1.95 bits per heavy atom. The van der Waals surface area contributed by atoms with Crippen molar-refractivity contribution >= 4 is 0 Å². The van der Waals surface area contributed by atoms with Crippen molar-refractivity contribution in [3.05, 3.63) is 53.9 Å². The topological polar surface area (TPSA) is 34.1 Å². The summed E-state index contributed by atoms with van der Waals surface area (Å²) < 4.78 is 5.92. The molecule has 0 amide bonds. The third-order valence-electron chi connectivity index (χ3n) is 2.92. The SMILES string of the molecule is CCCc1ccc(Oc2ccncc2CNC)cc1. The van der Waals surface area contributed by atoms with E-state index in [9.17, 15) is 0 Å². The van der Waals surface area contributed by atoms with Crippen molar-refractivity contribution in [2.45, 2.75) is 26.3 Å². The molecule has 3 heteroatoms. The highest BCUT2D eigenvalue weighted by Gasteiger charge is 2.04. The van der Waals surface area contributed by atoms with Gasteiger partial charge in [0, 0.05) is 24.5 Å². The van der Waals surface area contributed by atoms with E-state index in [1.165, 1.54) is 5.56 Å². The maximum Gasteiger partial charge on any atom is 0.134 e. The zero-order valence-corrected chi connectivity index (χ0v) is 11.5. The van der Waals surface area contributed by atoms with E-state index in [1.807, 2.05) is 31.4 Å². The van der Waals surface area contributed by atoms with Crippen LogP contribution in [0.15, 0.2) is 42.7 Å². The van der Waals surface area contributed by atoms with Crippen molar-refractivity contribution in [3.8, 4) is 11.5 Å². The van der Waals surface area contributed by atoms with Crippen LogP contribution in [0.4, 0.5) is 0 Å². The van der Waals surface area contributed by atoms with Crippen LogP contribution in [-0.4, -0.2) is 12.0 Å². The molecule has 0 radical (unpaired) electrons. The van der Waals surface area contributed by atoms with Gasteiger partial charge in [-0.25, -0.2) is 0 Å². The molecule has 1 aromatic heterocycles. The summed E-state index contributed by atoms with van der Waals surface area (Å²) in [7, 11) is 1.91. The van der Waals surface area contributed by atoms with Crippen LogP contribution in [0, 0.1) is 0 Å². The molecule has 0 saturated heterocycles. The number of nitrogens with one attached hydrogen (secondary N) is 1. The average molecular weight is 256 g/mol. The minimum Gasteiger partial charge on any atom is -0.457 e. The zero-order valence-electron chi connectivity index (χ0n) is 11.5. The van der Waals surface area contributed by atoms with Gasteiger partial charge in [0.1, 0.15) is 11.5 Å². The highest BCUT2D eigenvalue weighted by Crippen LogP contribution is 2.24. The number of ether oxygens (including phenoxy) is 1. The van der Waals surface area contributed by atoms with Gasteiger partial charge in [-0.2, -0.15) is 0 Å². The first-order valence-corrected chi connectivity index (χ1v) is 6.67. The van der Waals surface area contributed by atoms with Crippen LogP contribution in [0.25, 0.3) is 0 Å². The molecule has 0 fully saturated rings. The van der Waals surface area contributed by atoms with Crippen LogP contribution >= 0.6 is 0 Å². The van der Waals surface area contributed by atoms with Crippen LogP contribution in [0.5, 0.6) is 11.5 Å². The highest BCUT2D eigenvalue weighted by atomic mass is 16.5. The molecule has 0 spiro atoms. The number of aromatic nitrogens is 1. The van der Waals surface area contributed by atoms with E-state index < -0.39 is 0 Å². The molecule has 0 aliphatic heterocycles. The summed E-state index contributed by atoms with van der Waals surface area (Å²) in [6.45, 7) is 2.93. The second kappa shape index (κ2) is 6.90. The van der Waals surface area contributed by atoms with Crippen LogP contribution < -0.4 is 10.1 Å². The molecule has 100 valence electrons. The number of hydrogen-bond donors (Lipinski definition) is 1. The Morgan fingerprint density at radius 1 is 1.16 bits per heavy atom. The minimum absolute atomic E-state index is 0.747. The van der Waals surface area contributed by atoms with Crippen LogP contribution in [0.3, 0.4) is 0 Å². The van der Waals surface area contributed by atoms with Gasteiger partial charge in [-0.1, -0.05) is 25.5 Å². The fourth-order valence-electron chi connectivity index (χ4n) is 1.98. The molecule has 2 rings (SSSR count). The molecule has 0 unspecified atom stereocenters. The quantitative estimate of drug-likeness (QED) is 0.858. The maximum atomic E-state index is 5.92. The van der Waals surface area contributed by atoms with Gasteiger partial charge in [0.2, 0.25) is 0 Å². The Balaban J connectivity index is 2.12. The van der Waals surface area contributed by atoms with Gasteiger partial charge in [0.05, 0.1) is 0 Å². The standard InChI is InChI=1S/C16H20N2O/c1-3-4-13-5-7-15(8-6-13)19-16-9-10-18-12-14(16)11-17-2/h5-10,12,17H,3-4,11H2,1-2H3. The predicted molar refractivity (Wildman–Crippen MR) is 77.5 cm³/mol. The number of hydrogen-bond acceptors (Lipinski definition) is 3. The van der Waals surface area contributed by atoms with E-state index in [0.29, 0.717) is 0 Å². The minimum atomic E-state index is 0.747. The van der Waals surface area contributed by atoms with Crippen molar-refractivity contribution in [2.75, 3.05) is 7.05 Å². The molecule has 0 aliphatic carbocycles. The Bertz CT molecular complexity index is 508. The van der Waals surface area contributed by atoms with Gasteiger partial charge in [0.25, 0.3) is 0 Å². The summed E-state index contributed by atoms with van der Waals surface area (Å²) in [6.07, 6.45) is 5.86. The normalized spacial score (nSPS) is 10.4. The Labute approximate surface area is 114 Å². The first kappa shape index (κ1) is 13.6. The molecule has 0 aliphatic rings. The molecule has 0 atom stereocenters. The molecule has 1 aromatic carbocycles. The molecule has 2 aromatic rings. The van der Waals surface area contributed by atoms with E-state index in [2.05, 4.69) is 29.4 Å². The van der Waals surface area contributed by atoms with Gasteiger partial charge >= 0.3 is 0 Å². The molecule has 3 nitrogen and oxygen atoms in total. The zero-order chi connectivity index (χ0) is 13.5. The van der Waals surface area contributed by atoms with Gasteiger partial charge < -0.3 is 10.1 Å². The molecule has 1 heterocycles. The fraction of sp³-hybridized carbons (Fsp3) is 0.312. The van der Waals surface area contributed by atoms with E-state index in [0.717, 1.165) is 36.4 Å². The second-order valence-electron chi connectivity index (χ2n) is 4.51. The summed E-state index contributed by atoms with van der Waals surface area (Å²) in [6, 6.07) is 10.2. The van der Waals surface area contributed by atoms with Gasteiger partial charge in [-0.15, -0.1) is 0 Å². The van der Waals surface area contributed by atoms with Crippen molar-refractivity contribution in [2.24, 2.45) is 0 Å². The van der Waals surface area contributed by atoms with Crippen molar-refractivity contribution in [3.63, 3.8) is 0 Å². The van der Waals surface area contributed by atoms with Gasteiger partial charge in [0.15, 0.2) is 0 Å². The van der Waals surface area contributed by atoms with Crippen molar-refractivity contribution in [1.29, 1.82) is 0 Å². The van der Waals surface area contributed by atoms with E-state index in [-0.39, 0.29) is 0 Å². The summed E-state index contributed by atoms with van der Waals surface area (Å²) in [4.78, 5) is 4.12. The lowest BCUT2D eigenvalue weighted by Gasteiger charge is -2.10. The van der Waals surface area contributed by atoms with Crippen molar-refractivity contribution in [1.82, 2.24) is 10.3 Å². The third kappa shape index (κ3) is 3.80. The lowest BCUT2D eigenvalue weighted by molar-refractivity contribution is 0.473. The van der Waals surface area contributed by atoms with E-state index >= 15 is 0 Å². The van der Waals surface area contributed by atoms with Gasteiger partial charge in [-0.3, -0.25) is 4.98 Å². The number of aryl methyl sites for hydroxylation is 1. The Morgan fingerprint density at radius 3 is 2.63 bits per heavy atom. The summed E-state index contributed by atoms with van der Waals surface area (Å²) in [5.74, 6) is 1.72. The van der Waals surface area contributed by atoms with E-state index in [1.54, 1.807) is 6.20 Å². The number of nitrogens with zero attached hydrogens (tertiary/aromatic N) is 1. The molecule has 19 heavy (non-hydrogen) atoms. The molecule has 0 bridgehead atoms. The molecule has 0 saturated carbocycles. The maximum absolute atomic E-state index is 5.92. The molecular formula is C16H20N2O. The van der Waals surface area contributed by atoms with Crippen LogP contribution in [0.2, 0.25) is 0 Å². The lowest BCUT2D eigenvalue weighted by Crippen LogP contribution is -2.06. The predicted octanol–water partition coefficient (Wildman–Crippen LogP) is 3.55. The number of rotatable bonds is 6. The summed E-state index contributed by atoms with van der Waals surface area (Å²) >= 11 is 0. The Kier molecular flexibility index (Phi) is 4.93. The summed E-state index contributed by atoms with van der Waals surface area (Å²) in [5.41, 5.74) is 2.41. The lowest BCUT2D eigenvalue weighted by atomic mass is 10.1. The third-order valence-corrected chi connectivity index (χ3v) is 2.92. The first-order valence-electron chi connectivity index (χ1n) is 6.67. The molecule has 1 N–H and O–H groups in total. The molecular weight excluding hydrogens is 236 g/mol. The average Bonchev–Trinajstić information content (AvgIpc) is 2.44. The Hall–Kier alpha value is -1.87. The monoisotopic (exact) mass is 256 g/mol. The van der Waals surface area contributed by atoms with Crippen LogP contribution in [-0.2, 0) is 13.0 Å². The highest BCUT2D eigenvalue weighted by molar-refractivity contribution is 5.36. The summed E-state index contributed by atoms with van der Waals surface area (Å²) in [5, 5.41) is 3.12. The smallest absolute Gasteiger partial charge is 0.134 e. The number of pyridine rings is 1. The number of benzene rings is 1. The van der Waals surface area contributed by atoms with Crippen molar-refractivity contribution < 1.29 is 4.74 Å². The first-order chi connectivity index (χ1) is 9.33. The van der Waals surface area contributed by atoms with Crippen LogP contribution in [0.1, 0.15) is 24.5 Å². The van der Waals surface area contributed by atoms with Gasteiger partial charge in [-0.05, 0) is 37.2 Å². The largest absolute Gasteiger partial charge is 0.457 e. The van der Waals surface area contributed by atoms with E-state index in [4.69, 9.17) is 4.74 Å². The second-order valence-corrected chi connectivity index (χ2v) is 4.51. The fourth-order valence-corrected chi connectivity index (χ4v) is 1.98.